The summed E-state index contributed by atoms with van der Waals surface area (Å²) < 4.78 is 1.01. The van der Waals surface area contributed by atoms with E-state index in [2.05, 4.69) is 33.7 Å². The molecule has 1 aromatic rings. The second-order valence-electron chi connectivity index (χ2n) is 3.61. The Bertz CT molecular complexity index is 306. The highest BCUT2D eigenvalue weighted by Crippen LogP contribution is 2.15. The van der Waals surface area contributed by atoms with Gasteiger partial charge in [0.15, 0.2) is 0 Å². The first kappa shape index (κ1) is 12.5. The molecule has 15 heavy (non-hydrogen) atoms. The van der Waals surface area contributed by atoms with E-state index < -0.39 is 6.23 Å². The molecule has 2 unspecified atom stereocenters. The lowest BCUT2D eigenvalue weighted by Crippen LogP contribution is -2.38. The van der Waals surface area contributed by atoms with Gasteiger partial charge in [-0.25, -0.2) is 5.43 Å². The van der Waals surface area contributed by atoms with Crippen LogP contribution in [0.3, 0.4) is 0 Å². The second kappa shape index (κ2) is 6.10. The first-order chi connectivity index (χ1) is 7.13. The molecule has 0 aliphatic carbocycles. The standard InChI is InChI=1S/C11H17BrN2O/c1-3-8(2)11(15)14-13-10-6-4-5-9(12)7-10/h4-8,11,13-15H,3H2,1-2H3. The molecule has 0 aliphatic rings. The Labute approximate surface area is 99.0 Å². The molecule has 3 N–H and O–H groups in total. The minimum Gasteiger partial charge on any atom is -0.377 e. The smallest absolute Gasteiger partial charge is 0.123 e. The number of anilines is 1. The molecule has 3 nitrogen and oxygen atoms in total. The van der Waals surface area contributed by atoms with Crippen LogP contribution in [0.15, 0.2) is 28.7 Å². The molecule has 0 spiro atoms. The Balaban J connectivity index is 2.43. The fraction of sp³-hybridized carbons (Fsp3) is 0.455. The third-order valence-corrected chi connectivity index (χ3v) is 2.87. The Morgan fingerprint density at radius 2 is 2.20 bits per heavy atom. The lowest BCUT2D eigenvalue weighted by Gasteiger charge is -2.19. The molecule has 0 saturated heterocycles. The van der Waals surface area contributed by atoms with Gasteiger partial charge in [-0.15, -0.1) is 0 Å². The van der Waals surface area contributed by atoms with Crippen LogP contribution in [0.25, 0.3) is 0 Å². The summed E-state index contributed by atoms with van der Waals surface area (Å²) in [5, 5.41) is 9.66. The fourth-order valence-electron chi connectivity index (χ4n) is 1.09. The van der Waals surface area contributed by atoms with E-state index in [1.54, 1.807) is 0 Å². The zero-order chi connectivity index (χ0) is 11.3. The quantitative estimate of drug-likeness (QED) is 0.571. The number of hydrogen-bond acceptors (Lipinski definition) is 3. The van der Waals surface area contributed by atoms with Gasteiger partial charge in [0, 0.05) is 10.2 Å². The number of rotatable bonds is 5. The van der Waals surface area contributed by atoms with Gasteiger partial charge in [0.2, 0.25) is 0 Å². The van der Waals surface area contributed by atoms with Crippen LogP contribution >= 0.6 is 15.9 Å². The van der Waals surface area contributed by atoms with Gasteiger partial charge in [0.1, 0.15) is 6.23 Å². The van der Waals surface area contributed by atoms with Gasteiger partial charge in [-0.3, -0.25) is 0 Å². The number of benzene rings is 1. The Hall–Kier alpha value is -0.580. The molecule has 0 aliphatic heterocycles. The van der Waals surface area contributed by atoms with Crippen LogP contribution in [0.5, 0.6) is 0 Å². The molecule has 4 heteroatoms. The van der Waals surface area contributed by atoms with Crippen LogP contribution in [-0.4, -0.2) is 11.3 Å². The second-order valence-corrected chi connectivity index (χ2v) is 4.53. The highest BCUT2D eigenvalue weighted by Gasteiger charge is 2.10. The van der Waals surface area contributed by atoms with Gasteiger partial charge in [0.25, 0.3) is 0 Å². The van der Waals surface area contributed by atoms with Crippen molar-refractivity contribution in [3.05, 3.63) is 28.7 Å². The first-order valence-electron chi connectivity index (χ1n) is 5.08. The molecule has 0 saturated carbocycles. The van der Waals surface area contributed by atoms with Crippen LogP contribution in [-0.2, 0) is 0 Å². The molecular weight excluding hydrogens is 256 g/mol. The minimum absolute atomic E-state index is 0.227. The summed E-state index contributed by atoms with van der Waals surface area (Å²) in [7, 11) is 0. The molecule has 0 aromatic heterocycles. The molecule has 0 fully saturated rings. The van der Waals surface area contributed by atoms with E-state index in [0.717, 1.165) is 16.6 Å². The van der Waals surface area contributed by atoms with Crippen molar-refractivity contribution in [3.63, 3.8) is 0 Å². The maximum atomic E-state index is 9.66. The molecule has 0 heterocycles. The summed E-state index contributed by atoms with van der Waals surface area (Å²) in [5.74, 6) is 0.227. The van der Waals surface area contributed by atoms with Crippen LogP contribution < -0.4 is 10.9 Å². The third kappa shape index (κ3) is 4.20. The molecule has 84 valence electrons. The lowest BCUT2D eigenvalue weighted by molar-refractivity contribution is 0.0885. The summed E-state index contributed by atoms with van der Waals surface area (Å²) in [5.41, 5.74) is 6.75. The lowest BCUT2D eigenvalue weighted by atomic mass is 10.1. The number of aliphatic hydroxyl groups excluding tert-OH is 1. The van der Waals surface area contributed by atoms with Crippen molar-refractivity contribution in [2.75, 3.05) is 5.43 Å². The van der Waals surface area contributed by atoms with Gasteiger partial charge >= 0.3 is 0 Å². The van der Waals surface area contributed by atoms with Crippen molar-refractivity contribution >= 4 is 21.6 Å². The predicted octanol–water partition coefficient (Wildman–Crippen LogP) is 2.73. The topological polar surface area (TPSA) is 44.3 Å². The number of nitrogens with one attached hydrogen (secondary N) is 2. The van der Waals surface area contributed by atoms with E-state index in [9.17, 15) is 5.11 Å². The van der Waals surface area contributed by atoms with E-state index in [1.165, 1.54) is 0 Å². The number of hydrazine groups is 1. The number of aliphatic hydroxyl groups is 1. The van der Waals surface area contributed by atoms with Crippen LogP contribution in [0.4, 0.5) is 5.69 Å². The van der Waals surface area contributed by atoms with Crippen molar-refractivity contribution in [2.24, 2.45) is 5.92 Å². The predicted molar refractivity (Wildman–Crippen MR) is 66.4 cm³/mol. The van der Waals surface area contributed by atoms with Crippen LogP contribution in [0.1, 0.15) is 20.3 Å². The van der Waals surface area contributed by atoms with E-state index in [0.29, 0.717) is 0 Å². The monoisotopic (exact) mass is 272 g/mol. The Kier molecular flexibility index (Phi) is 5.08. The van der Waals surface area contributed by atoms with E-state index in [-0.39, 0.29) is 5.92 Å². The highest BCUT2D eigenvalue weighted by molar-refractivity contribution is 9.10. The number of halogens is 1. The summed E-state index contributed by atoms with van der Waals surface area (Å²) in [6, 6.07) is 7.76. The zero-order valence-electron chi connectivity index (χ0n) is 9.00. The van der Waals surface area contributed by atoms with Gasteiger partial charge in [-0.2, -0.15) is 0 Å². The summed E-state index contributed by atoms with van der Waals surface area (Å²) >= 11 is 3.38. The van der Waals surface area contributed by atoms with E-state index in [4.69, 9.17) is 0 Å². The third-order valence-electron chi connectivity index (χ3n) is 2.37. The molecular formula is C11H17BrN2O. The van der Waals surface area contributed by atoms with Gasteiger partial charge in [0.05, 0.1) is 0 Å². The first-order valence-corrected chi connectivity index (χ1v) is 5.88. The minimum atomic E-state index is -0.533. The zero-order valence-corrected chi connectivity index (χ0v) is 10.6. The van der Waals surface area contributed by atoms with Gasteiger partial charge in [-0.05, 0) is 30.5 Å². The molecule has 0 radical (unpaired) electrons. The van der Waals surface area contributed by atoms with Crippen molar-refractivity contribution in [2.45, 2.75) is 26.5 Å². The van der Waals surface area contributed by atoms with E-state index in [1.807, 2.05) is 31.2 Å². The number of hydrogen-bond donors (Lipinski definition) is 3. The normalized spacial score (nSPS) is 14.7. The molecule has 1 aromatic carbocycles. The largest absolute Gasteiger partial charge is 0.377 e. The van der Waals surface area contributed by atoms with Gasteiger partial charge in [-0.1, -0.05) is 35.8 Å². The summed E-state index contributed by atoms with van der Waals surface area (Å²) in [6.07, 6.45) is 0.405. The van der Waals surface area contributed by atoms with Crippen molar-refractivity contribution < 1.29 is 5.11 Å². The van der Waals surface area contributed by atoms with Gasteiger partial charge < -0.3 is 10.5 Å². The maximum absolute atomic E-state index is 9.66. The SMILES string of the molecule is CCC(C)C(O)NNc1cccc(Br)c1. The molecule has 1 rings (SSSR count). The fourth-order valence-corrected chi connectivity index (χ4v) is 1.49. The Morgan fingerprint density at radius 3 is 2.80 bits per heavy atom. The summed E-state index contributed by atoms with van der Waals surface area (Å²) in [4.78, 5) is 0. The van der Waals surface area contributed by atoms with Crippen molar-refractivity contribution in [1.82, 2.24) is 5.43 Å². The van der Waals surface area contributed by atoms with E-state index >= 15 is 0 Å². The maximum Gasteiger partial charge on any atom is 0.123 e. The Morgan fingerprint density at radius 1 is 1.47 bits per heavy atom. The van der Waals surface area contributed by atoms with Crippen LogP contribution in [0.2, 0.25) is 0 Å². The molecule has 2 atom stereocenters. The summed E-state index contributed by atoms with van der Waals surface area (Å²) in [6.45, 7) is 4.05. The molecule has 0 amide bonds. The van der Waals surface area contributed by atoms with Crippen molar-refractivity contribution in [3.8, 4) is 0 Å². The highest BCUT2D eigenvalue weighted by atomic mass is 79.9. The van der Waals surface area contributed by atoms with Crippen molar-refractivity contribution in [1.29, 1.82) is 0 Å². The molecule has 0 bridgehead atoms. The average Bonchev–Trinajstić information content (AvgIpc) is 2.25. The average molecular weight is 273 g/mol. The van der Waals surface area contributed by atoms with Crippen LogP contribution in [0, 0.1) is 5.92 Å².